The third kappa shape index (κ3) is 4.05. The first-order chi connectivity index (χ1) is 9.74. The number of halogens is 3. The largest absolute Gasteiger partial charge is 0.573 e. The zero-order valence-electron chi connectivity index (χ0n) is 11.5. The third-order valence-corrected chi connectivity index (χ3v) is 2.74. The highest BCUT2D eigenvalue weighted by molar-refractivity contribution is 5.53. The minimum absolute atomic E-state index is 0.257. The molecule has 0 aliphatic rings. The standard InChI is InChI=1S/C15H14F3NO2/c1-9-6-11(19)7-10(2)14(9)20-12-4-3-5-13(8-12)21-15(16,17)18/h3-8H,19H2,1-2H3. The lowest BCUT2D eigenvalue weighted by Crippen LogP contribution is -2.17. The molecular weight excluding hydrogens is 283 g/mol. The van der Waals surface area contributed by atoms with Crippen molar-refractivity contribution in [2.45, 2.75) is 20.2 Å². The molecule has 0 aromatic heterocycles. The van der Waals surface area contributed by atoms with Crippen LogP contribution in [0.3, 0.4) is 0 Å². The minimum atomic E-state index is -4.73. The van der Waals surface area contributed by atoms with Crippen molar-refractivity contribution in [2.24, 2.45) is 0 Å². The van der Waals surface area contributed by atoms with Gasteiger partial charge in [-0.05, 0) is 49.2 Å². The van der Waals surface area contributed by atoms with Gasteiger partial charge in [-0.3, -0.25) is 0 Å². The lowest BCUT2D eigenvalue weighted by molar-refractivity contribution is -0.274. The number of hydrogen-bond donors (Lipinski definition) is 1. The van der Waals surface area contributed by atoms with Gasteiger partial charge >= 0.3 is 6.36 Å². The number of benzene rings is 2. The molecule has 0 radical (unpaired) electrons. The number of nitrogens with two attached hydrogens (primary N) is 1. The molecule has 2 rings (SSSR count). The topological polar surface area (TPSA) is 44.5 Å². The molecule has 112 valence electrons. The maximum Gasteiger partial charge on any atom is 0.573 e. The van der Waals surface area contributed by atoms with Gasteiger partial charge in [0.25, 0.3) is 0 Å². The van der Waals surface area contributed by atoms with E-state index in [4.69, 9.17) is 10.5 Å². The van der Waals surface area contributed by atoms with Gasteiger partial charge in [0.2, 0.25) is 0 Å². The van der Waals surface area contributed by atoms with Crippen LogP contribution in [0.1, 0.15) is 11.1 Å². The van der Waals surface area contributed by atoms with Crippen molar-refractivity contribution in [3.63, 3.8) is 0 Å². The first-order valence-corrected chi connectivity index (χ1v) is 6.15. The Hall–Kier alpha value is -2.37. The molecule has 0 fully saturated rings. The molecule has 6 heteroatoms. The average Bonchev–Trinajstić information content (AvgIpc) is 2.32. The van der Waals surface area contributed by atoms with Crippen LogP contribution < -0.4 is 15.2 Å². The second-order valence-electron chi connectivity index (χ2n) is 4.61. The summed E-state index contributed by atoms with van der Waals surface area (Å²) in [6, 6.07) is 8.85. The number of nitrogen functional groups attached to an aromatic ring is 1. The van der Waals surface area contributed by atoms with Gasteiger partial charge in [-0.15, -0.1) is 13.2 Å². The van der Waals surface area contributed by atoms with Crippen molar-refractivity contribution in [3.05, 3.63) is 47.5 Å². The van der Waals surface area contributed by atoms with Gasteiger partial charge in [0.15, 0.2) is 0 Å². The van der Waals surface area contributed by atoms with Crippen molar-refractivity contribution in [3.8, 4) is 17.2 Å². The molecule has 2 aromatic carbocycles. The zero-order valence-corrected chi connectivity index (χ0v) is 11.5. The molecular formula is C15H14F3NO2. The molecule has 0 unspecified atom stereocenters. The fourth-order valence-electron chi connectivity index (χ4n) is 2.00. The Morgan fingerprint density at radius 3 is 2.10 bits per heavy atom. The van der Waals surface area contributed by atoms with Gasteiger partial charge in [0, 0.05) is 11.8 Å². The van der Waals surface area contributed by atoms with Crippen molar-refractivity contribution >= 4 is 5.69 Å². The van der Waals surface area contributed by atoms with E-state index in [2.05, 4.69) is 4.74 Å². The highest BCUT2D eigenvalue weighted by Crippen LogP contribution is 2.33. The molecule has 0 aliphatic heterocycles. The van der Waals surface area contributed by atoms with Crippen LogP contribution in [-0.4, -0.2) is 6.36 Å². The van der Waals surface area contributed by atoms with Crippen LogP contribution in [0, 0.1) is 13.8 Å². The third-order valence-electron chi connectivity index (χ3n) is 2.74. The van der Waals surface area contributed by atoms with Crippen LogP contribution in [0.2, 0.25) is 0 Å². The number of alkyl halides is 3. The second kappa shape index (κ2) is 5.55. The van der Waals surface area contributed by atoms with E-state index in [1.165, 1.54) is 18.2 Å². The fourth-order valence-corrected chi connectivity index (χ4v) is 2.00. The zero-order chi connectivity index (χ0) is 15.6. The lowest BCUT2D eigenvalue weighted by atomic mass is 10.1. The summed E-state index contributed by atoms with van der Waals surface area (Å²) in [5.74, 6) is 0.492. The maximum atomic E-state index is 12.2. The van der Waals surface area contributed by atoms with Crippen LogP contribution in [0.5, 0.6) is 17.2 Å². The molecule has 0 bridgehead atoms. The molecule has 0 amide bonds. The minimum Gasteiger partial charge on any atom is -0.457 e. The smallest absolute Gasteiger partial charge is 0.457 e. The van der Waals surface area contributed by atoms with E-state index in [0.29, 0.717) is 11.4 Å². The predicted octanol–water partition coefficient (Wildman–Crippen LogP) is 4.58. The first kappa shape index (κ1) is 15.0. The molecule has 0 saturated heterocycles. The van der Waals surface area contributed by atoms with Gasteiger partial charge in [0.1, 0.15) is 17.2 Å². The molecule has 0 spiro atoms. The van der Waals surface area contributed by atoms with E-state index in [1.807, 2.05) is 13.8 Å². The number of ether oxygens (including phenoxy) is 2. The Morgan fingerprint density at radius 2 is 1.52 bits per heavy atom. The Balaban J connectivity index is 2.27. The first-order valence-electron chi connectivity index (χ1n) is 6.15. The summed E-state index contributed by atoms with van der Waals surface area (Å²) < 4.78 is 46.1. The number of aryl methyl sites for hydroxylation is 2. The van der Waals surface area contributed by atoms with E-state index < -0.39 is 6.36 Å². The van der Waals surface area contributed by atoms with Crippen LogP contribution in [0.15, 0.2) is 36.4 Å². The van der Waals surface area contributed by atoms with Crippen LogP contribution in [-0.2, 0) is 0 Å². The Morgan fingerprint density at radius 1 is 0.952 bits per heavy atom. The fraction of sp³-hybridized carbons (Fsp3) is 0.200. The van der Waals surface area contributed by atoms with Gasteiger partial charge in [-0.25, -0.2) is 0 Å². The predicted molar refractivity (Wildman–Crippen MR) is 73.5 cm³/mol. The summed E-state index contributed by atoms with van der Waals surface area (Å²) in [6.07, 6.45) is -4.73. The molecule has 0 heterocycles. The molecule has 0 atom stereocenters. The van der Waals surface area contributed by atoms with E-state index in [0.717, 1.165) is 11.1 Å². The average molecular weight is 297 g/mol. The number of anilines is 1. The molecule has 2 aromatic rings. The SMILES string of the molecule is Cc1cc(N)cc(C)c1Oc1cccc(OC(F)(F)F)c1. The molecule has 21 heavy (non-hydrogen) atoms. The lowest BCUT2D eigenvalue weighted by Gasteiger charge is -2.14. The van der Waals surface area contributed by atoms with E-state index >= 15 is 0 Å². The monoisotopic (exact) mass is 297 g/mol. The molecule has 0 saturated carbocycles. The quantitative estimate of drug-likeness (QED) is 0.844. The van der Waals surface area contributed by atoms with Crippen molar-refractivity contribution in [2.75, 3.05) is 5.73 Å². The summed E-state index contributed by atoms with van der Waals surface area (Å²) >= 11 is 0. The maximum absolute atomic E-state index is 12.2. The van der Waals surface area contributed by atoms with E-state index in [9.17, 15) is 13.2 Å². The van der Waals surface area contributed by atoms with Gasteiger partial charge in [-0.2, -0.15) is 0 Å². The van der Waals surface area contributed by atoms with Crippen molar-refractivity contribution < 1.29 is 22.6 Å². The summed E-state index contributed by atoms with van der Waals surface area (Å²) in [7, 11) is 0. The normalized spacial score (nSPS) is 11.3. The Labute approximate surface area is 120 Å². The summed E-state index contributed by atoms with van der Waals surface area (Å²) in [4.78, 5) is 0. The molecule has 0 aliphatic carbocycles. The van der Waals surface area contributed by atoms with E-state index in [1.54, 1.807) is 18.2 Å². The van der Waals surface area contributed by atoms with Crippen LogP contribution >= 0.6 is 0 Å². The number of rotatable bonds is 3. The molecule has 2 N–H and O–H groups in total. The van der Waals surface area contributed by atoms with Crippen LogP contribution in [0.4, 0.5) is 18.9 Å². The Kier molecular flexibility index (Phi) is 3.97. The van der Waals surface area contributed by atoms with Crippen molar-refractivity contribution in [1.82, 2.24) is 0 Å². The number of hydrogen-bond acceptors (Lipinski definition) is 3. The van der Waals surface area contributed by atoms with Gasteiger partial charge in [-0.1, -0.05) is 6.07 Å². The van der Waals surface area contributed by atoms with Crippen LogP contribution in [0.25, 0.3) is 0 Å². The molecule has 3 nitrogen and oxygen atoms in total. The Bertz CT molecular complexity index is 631. The highest BCUT2D eigenvalue weighted by atomic mass is 19.4. The van der Waals surface area contributed by atoms with E-state index in [-0.39, 0.29) is 11.5 Å². The van der Waals surface area contributed by atoms with Gasteiger partial charge < -0.3 is 15.2 Å². The highest BCUT2D eigenvalue weighted by Gasteiger charge is 2.31. The summed E-state index contributed by atoms with van der Waals surface area (Å²) in [5, 5.41) is 0. The summed E-state index contributed by atoms with van der Waals surface area (Å²) in [6.45, 7) is 3.63. The second-order valence-corrected chi connectivity index (χ2v) is 4.61. The van der Waals surface area contributed by atoms with Crippen molar-refractivity contribution in [1.29, 1.82) is 0 Å². The van der Waals surface area contributed by atoms with Gasteiger partial charge in [0.05, 0.1) is 0 Å². The summed E-state index contributed by atoms with van der Waals surface area (Å²) in [5.41, 5.74) is 7.92.